The van der Waals surface area contributed by atoms with Crippen molar-refractivity contribution in [3.8, 4) is 0 Å². The van der Waals surface area contributed by atoms with Gasteiger partial charge in [0.15, 0.2) is 0 Å². The molecule has 0 unspecified atom stereocenters. The van der Waals surface area contributed by atoms with E-state index in [1.54, 1.807) is 20.2 Å². The molecule has 0 spiro atoms. The van der Waals surface area contributed by atoms with Crippen LogP contribution < -0.4 is 16.4 Å². The number of amides is 3. The molecule has 0 aliphatic rings. The highest BCUT2D eigenvalue weighted by atomic mass is 35.5. The first-order valence-corrected chi connectivity index (χ1v) is 7.85. The Kier molecular flexibility index (Phi) is 7.18. The standard InChI is InChI=1S/C16H23ClN4O3/c1-9(2)14(18)15(23)19-8-13(22)20-10-5-6-12(17)11(7-10)16(24)21(3)4/h5-7,9,14H,8,18H2,1-4H3,(H,19,23)(H,20,22)/t14-/m0/s1. The maximum absolute atomic E-state index is 12.0. The molecule has 0 bridgehead atoms. The summed E-state index contributed by atoms with van der Waals surface area (Å²) >= 11 is 6.01. The Balaban J connectivity index is 2.70. The van der Waals surface area contributed by atoms with Crippen LogP contribution in [0.4, 0.5) is 5.69 Å². The van der Waals surface area contributed by atoms with E-state index in [0.717, 1.165) is 0 Å². The normalized spacial score (nSPS) is 11.8. The number of nitrogens with two attached hydrogens (primary N) is 1. The summed E-state index contributed by atoms with van der Waals surface area (Å²) in [5, 5.41) is 5.37. The zero-order valence-electron chi connectivity index (χ0n) is 14.2. The molecule has 7 nitrogen and oxygen atoms in total. The van der Waals surface area contributed by atoms with Crippen LogP contribution in [0.5, 0.6) is 0 Å². The minimum Gasteiger partial charge on any atom is -0.346 e. The molecule has 0 saturated heterocycles. The molecule has 1 aromatic carbocycles. The Bertz CT molecular complexity index is 632. The van der Waals surface area contributed by atoms with Crippen molar-refractivity contribution in [1.82, 2.24) is 10.2 Å². The van der Waals surface area contributed by atoms with Crippen LogP contribution in [0.25, 0.3) is 0 Å². The first-order chi connectivity index (χ1) is 11.1. The molecule has 0 radical (unpaired) electrons. The van der Waals surface area contributed by atoms with Crippen LogP contribution in [0.1, 0.15) is 24.2 Å². The first kappa shape index (κ1) is 19.9. The molecule has 0 aliphatic carbocycles. The van der Waals surface area contributed by atoms with Crippen LogP contribution in [0.3, 0.4) is 0 Å². The molecule has 132 valence electrons. The lowest BCUT2D eigenvalue weighted by Gasteiger charge is -2.15. The number of halogens is 1. The topological polar surface area (TPSA) is 105 Å². The van der Waals surface area contributed by atoms with Crippen molar-refractivity contribution in [1.29, 1.82) is 0 Å². The van der Waals surface area contributed by atoms with Gasteiger partial charge in [0.05, 0.1) is 23.2 Å². The lowest BCUT2D eigenvalue weighted by molar-refractivity contribution is -0.125. The number of carbonyl (C=O) groups excluding carboxylic acids is 3. The van der Waals surface area contributed by atoms with Crippen molar-refractivity contribution >= 4 is 35.0 Å². The molecule has 8 heteroatoms. The van der Waals surface area contributed by atoms with E-state index in [9.17, 15) is 14.4 Å². The second kappa shape index (κ2) is 8.65. The highest BCUT2D eigenvalue weighted by Gasteiger charge is 2.18. The molecule has 1 rings (SSSR count). The Hall–Kier alpha value is -2.12. The van der Waals surface area contributed by atoms with Gasteiger partial charge in [-0.05, 0) is 24.1 Å². The number of carbonyl (C=O) groups is 3. The fraction of sp³-hybridized carbons (Fsp3) is 0.438. The fourth-order valence-electron chi connectivity index (χ4n) is 1.80. The van der Waals surface area contributed by atoms with E-state index >= 15 is 0 Å². The van der Waals surface area contributed by atoms with Gasteiger partial charge >= 0.3 is 0 Å². The number of anilines is 1. The van der Waals surface area contributed by atoms with Crippen LogP contribution in [0, 0.1) is 5.92 Å². The summed E-state index contributed by atoms with van der Waals surface area (Å²) in [6, 6.07) is 3.93. The molecule has 0 fully saturated rings. The Labute approximate surface area is 146 Å². The van der Waals surface area contributed by atoms with E-state index in [2.05, 4.69) is 10.6 Å². The third-order valence-corrected chi connectivity index (χ3v) is 3.66. The summed E-state index contributed by atoms with van der Waals surface area (Å²) in [4.78, 5) is 37.0. The monoisotopic (exact) mass is 354 g/mol. The van der Waals surface area contributed by atoms with Crippen LogP contribution in [0.15, 0.2) is 18.2 Å². The van der Waals surface area contributed by atoms with Crippen molar-refractivity contribution < 1.29 is 14.4 Å². The smallest absolute Gasteiger partial charge is 0.254 e. The lowest BCUT2D eigenvalue weighted by Crippen LogP contribution is -2.46. The summed E-state index contributed by atoms with van der Waals surface area (Å²) in [6.45, 7) is 3.43. The second-order valence-corrected chi connectivity index (χ2v) is 6.34. The van der Waals surface area contributed by atoms with Crippen molar-refractivity contribution in [2.24, 2.45) is 11.7 Å². The number of benzene rings is 1. The minimum absolute atomic E-state index is 0.0241. The number of rotatable bonds is 6. The average molecular weight is 355 g/mol. The number of hydrogen-bond acceptors (Lipinski definition) is 4. The van der Waals surface area contributed by atoms with Crippen LogP contribution in [-0.2, 0) is 9.59 Å². The van der Waals surface area contributed by atoms with Crippen molar-refractivity contribution in [2.75, 3.05) is 26.0 Å². The zero-order chi connectivity index (χ0) is 18.4. The minimum atomic E-state index is -0.669. The molecule has 0 aliphatic heterocycles. The molecular formula is C16H23ClN4O3. The highest BCUT2D eigenvalue weighted by molar-refractivity contribution is 6.34. The Morgan fingerprint density at radius 1 is 1.25 bits per heavy atom. The summed E-state index contributed by atoms with van der Waals surface area (Å²) in [7, 11) is 3.22. The van der Waals surface area contributed by atoms with Crippen molar-refractivity contribution in [3.05, 3.63) is 28.8 Å². The van der Waals surface area contributed by atoms with Gasteiger partial charge in [-0.3, -0.25) is 14.4 Å². The molecule has 0 saturated carbocycles. The van der Waals surface area contributed by atoms with E-state index < -0.39 is 11.9 Å². The highest BCUT2D eigenvalue weighted by Crippen LogP contribution is 2.21. The van der Waals surface area contributed by atoms with Crippen molar-refractivity contribution in [3.63, 3.8) is 0 Å². The number of hydrogen-bond donors (Lipinski definition) is 3. The predicted molar refractivity (Wildman–Crippen MR) is 93.9 cm³/mol. The molecule has 1 aromatic rings. The van der Waals surface area contributed by atoms with Gasteiger partial charge in [-0.2, -0.15) is 0 Å². The van der Waals surface area contributed by atoms with Gasteiger partial charge in [0.25, 0.3) is 5.91 Å². The third-order valence-electron chi connectivity index (χ3n) is 3.33. The predicted octanol–water partition coefficient (Wildman–Crippen LogP) is 1.08. The Morgan fingerprint density at radius 2 is 1.88 bits per heavy atom. The molecule has 3 amide bonds. The summed E-state index contributed by atoms with van der Waals surface area (Å²) in [5.41, 5.74) is 6.39. The van der Waals surface area contributed by atoms with Crippen LogP contribution in [0.2, 0.25) is 5.02 Å². The van der Waals surface area contributed by atoms with Crippen molar-refractivity contribution in [2.45, 2.75) is 19.9 Å². The Morgan fingerprint density at radius 3 is 2.42 bits per heavy atom. The summed E-state index contributed by atoms with van der Waals surface area (Å²) in [5.74, 6) is -1.11. The third kappa shape index (κ3) is 5.50. The largest absolute Gasteiger partial charge is 0.346 e. The molecule has 0 heterocycles. The molecular weight excluding hydrogens is 332 g/mol. The van der Waals surface area contributed by atoms with Gasteiger partial charge in [-0.15, -0.1) is 0 Å². The van der Waals surface area contributed by atoms with E-state index in [-0.39, 0.29) is 29.8 Å². The lowest BCUT2D eigenvalue weighted by atomic mass is 10.1. The van der Waals surface area contributed by atoms with E-state index in [0.29, 0.717) is 10.7 Å². The van der Waals surface area contributed by atoms with Gasteiger partial charge in [-0.1, -0.05) is 25.4 Å². The van der Waals surface area contributed by atoms with Gasteiger partial charge < -0.3 is 21.3 Å². The van der Waals surface area contributed by atoms with Gasteiger partial charge in [0, 0.05) is 19.8 Å². The van der Waals surface area contributed by atoms with E-state index in [1.165, 1.54) is 17.0 Å². The average Bonchev–Trinajstić information content (AvgIpc) is 2.52. The maximum Gasteiger partial charge on any atom is 0.254 e. The first-order valence-electron chi connectivity index (χ1n) is 7.47. The second-order valence-electron chi connectivity index (χ2n) is 5.93. The summed E-state index contributed by atoms with van der Waals surface area (Å²) in [6.07, 6.45) is 0. The van der Waals surface area contributed by atoms with Crippen LogP contribution in [-0.4, -0.2) is 49.3 Å². The molecule has 0 aromatic heterocycles. The van der Waals surface area contributed by atoms with E-state index in [1.807, 2.05) is 13.8 Å². The van der Waals surface area contributed by atoms with Gasteiger partial charge in [0.1, 0.15) is 0 Å². The maximum atomic E-state index is 12.0. The summed E-state index contributed by atoms with van der Waals surface area (Å²) < 4.78 is 0. The number of nitrogens with zero attached hydrogens (tertiary/aromatic N) is 1. The van der Waals surface area contributed by atoms with Crippen LogP contribution >= 0.6 is 11.6 Å². The number of nitrogens with one attached hydrogen (secondary N) is 2. The molecule has 1 atom stereocenters. The van der Waals surface area contributed by atoms with Gasteiger partial charge in [0.2, 0.25) is 11.8 Å². The molecule has 24 heavy (non-hydrogen) atoms. The SMILES string of the molecule is CC(C)[C@H](N)C(=O)NCC(=O)Nc1ccc(Cl)c(C(=O)N(C)C)c1. The fourth-order valence-corrected chi connectivity index (χ4v) is 2.00. The van der Waals surface area contributed by atoms with Gasteiger partial charge in [-0.25, -0.2) is 0 Å². The van der Waals surface area contributed by atoms with E-state index in [4.69, 9.17) is 17.3 Å². The zero-order valence-corrected chi connectivity index (χ0v) is 15.0. The quantitative estimate of drug-likeness (QED) is 0.710. The molecule has 4 N–H and O–H groups in total.